The van der Waals surface area contributed by atoms with Crippen LogP contribution in [0.15, 0.2) is 23.3 Å². The van der Waals surface area contributed by atoms with Crippen LogP contribution in [0.25, 0.3) is 0 Å². The van der Waals surface area contributed by atoms with Crippen LogP contribution in [0.5, 0.6) is 11.5 Å². The lowest BCUT2D eigenvalue weighted by molar-refractivity contribution is -0.122. The van der Waals surface area contributed by atoms with Gasteiger partial charge in [-0.25, -0.2) is 5.43 Å². The van der Waals surface area contributed by atoms with Crippen LogP contribution in [0.3, 0.4) is 0 Å². The molecule has 0 aliphatic rings. The summed E-state index contributed by atoms with van der Waals surface area (Å²) in [4.78, 5) is 12.7. The minimum atomic E-state index is -0.408. The minimum absolute atomic E-state index is 0.00151. The number of anilines is 1. The lowest BCUT2D eigenvalue weighted by Gasteiger charge is -2.07. The highest BCUT2D eigenvalue weighted by molar-refractivity contribution is 5.83. The molecule has 1 heterocycles. The van der Waals surface area contributed by atoms with Gasteiger partial charge in [0.2, 0.25) is 0 Å². The smallest absolute Gasteiger partial charge is 0.263 e. The topological polar surface area (TPSA) is 130 Å². The van der Waals surface area contributed by atoms with Gasteiger partial charge in [-0.3, -0.25) is 4.79 Å². The summed E-state index contributed by atoms with van der Waals surface area (Å²) in [6.45, 7) is -0.131. The number of nitrogen functional groups attached to an aromatic ring is 1. The van der Waals surface area contributed by atoms with Gasteiger partial charge in [0.25, 0.3) is 11.9 Å². The maximum absolute atomic E-state index is 11.6. The van der Waals surface area contributed by atoms with E-state index in [4.69, 9.17) is 15.2 Å². The third-order valence-corrected chi connectivity index (χ3v) is 2.56. The van der Waals surface area contributed by atoms with Crippen LogP contribution >= 0.6 is 0 Å². The molecule has 0 radical (unpaired) electrons. The number of hydrazone groups is 1. The summed E-state index contributed by atoms with van der Waals surface area (Å²) in [6, 6.07) is 5.25. The molecule has 0 saturated carbocycles. The van der Waals surface area contributed by atoms with Crippen molar-refractivity contribution in [1.82, 2.24) is 25.6 Å². The van der Waals surface area contributed by atoms with E-state index < -0.39 is 5.91 Å². The summed E-state index contributed by atoms with van der Waals surface area (Å²) >= 11 is 0. The number of hydrogen-bond donors (Lipinski definition) is 2. The van der Waals surface area contributed by atoms with Crippen molar-refractivity contribution in [3.05, 3.63) is 23.8 Å². The van der Waals surface area contributed by atoms with E-state index >= 15 is 0 Å². The molecule has 0 atom stereocenters. The van der Waals surface area contributed by atoms with Gasteiger partial charge in [-0.1, -0.05) is 5.10 Å². The Morgan fingerprint density at radius 1 is 1.41 bits per heavy atom. The van der Waals surface area contributed by atoms with Gasteiger partial charge in [-0.2, -0.15) is 9.90 Å². The van der Waals surface area contributed by atoms with Crippen molar-refractivity contribution in [2.75, 3.05) is 20.0 Å². The SMILES string of the molecule is COc1ccc(/C=N/NC(=O)Cn2nnc(N)n2)cc1OC. The molecule has 2 rings (SSSR count). The van der Waals surface area contributed by atoms with E-state index in [9.17, 15) is 4.79 Å². The summed E-state index contributed by atoms with van der Waals surface area (Å²) in [6.07, 6.45) is 1.48. The molecular formula is C12H15N7O3. The largest absolute Gasteiger partial charge is 0.493 e. The molecular weight excluding hydrogens is 290 g/mol. The second-order valence-electron chi connectivity index (χ2n) is 4.09. The molecule has 3 N–H and O–H groups in total. The lowest BCUT2D eigenvalue weighted by atomic mass is 10.2. The minimum Gasteiger partial charge on any atom is -0.493 e. The van der Waals surface area contributed by atoms with Gasteiger partial charge >= 0.3 is 0 Å². The number of carbonyl (C=O) groups is 1. The maximum atomic E-state index is 11.6. The summed E-state index contributed by atoms with van der Waals surface area (Å²) < 4.78 is 10.3. The van der Waals surface area contributed by atoms with Crippen molar-refractivity contribution in [2.24, 2.45) is 5.10 Å². The number of benzene rings is 1. The number of carbonyl (C=O) groups excluding carboxylic acids is 1. The van der Waals surface area contributed by atoms with Crippen LogP contribution in [0.1, 0.15) is 5.56 Å². The average molecular weight is 305 g/mol. The van der Waals surface area contributed by atoms with Crippen LogP contribution in [-0.4, -0.2) is 46.5 Å². The van der Waals surface area contributed by atoms with Crippen LogP contribution in [0.2, 0.25) is 0 Å². The first kappa shape index (κ1) is 15.2. The molecule has 0 bridgehead atoms. The molecule has 0 aliphatic carbocycles. The number of nitrogens with one attached hydrogen (secondary N) is 1. The molecule has 0 spiro atoms. The van der Waals surface area contributed by atoms with Crippen molar-refractivity contribution in [3.63, 3.8) is 0 Å². The third-order valence-electron chi connectivity index (χ3n) is 2.56. The zero-order valence-electron chi connectivity index (χ0n) is 12.1. The van der Waals surface area contributed by atoms with E-state index in [1.54, 1.807) is 25.3 Å². The Bertz CT molecular complexity index is 683. The highest BCUT2D eigenvalue weighted by Crippen LogP contribution is 2.26. The van der Waals surface area contributed by atoms with Gasteiger partial charge in [0, 0.05) is 0 Å². The third kappa shape index (κ3) is 3.91. The number of nitrogens with zero attached hydrogens (tertiary/aromatic N) is 5. The fourth-order valence-electron chi connectivity index (χ4n) is 1.60. The molecule has 10 heteroatoms. The van der Waals surface area contributed by atoms with Gasteiger partial charge in [-0.05, 0) is 29.0 Å². The van der Waals surface area contributed by atoms with Gasteiger partial charge in [-0.15, -0.1) is 5.10 Å². The number of methoxy groups -OCH3 is 2. The number of nitrogens with two attached hydrogens (primary N) is 1. The van der Waals surface area contributed by atoms with E-state index in [2.05, 4.69) is 25.9 Å². The lowest BCUT2D eigenvalue weighted by Crippen LogP contribution is -2.24. The highest BCUT2D eigenvalue weighted by Gasteiger charge is 2.05. The Morgan fingerprint density at radius 2 is 2.18 bits per heavy atom. The van der Waals surface area contributed by atoms with Gasteiger partial charge in [0.1, 0.15) is 6.54 Å². The average Bonchev–Trinajstić information content (AvgIpc) is 2.92. The van der Waals surface area contributed by atoms with Gasteiger partial charge < -0.3 is 15.2 Å². The van der Waals surface area contributed by atoms with Gasteiger partial charge in [0.15, 0.2) is 11.5 Å². The fraction of sp³-hybridized carbons (Fsp3) is 0.250. The molecule has 2 aromatic rings. The predicted molar refractivity (Wildman–Crippen MR) is 77.5 cm³/mol. The molecule has 10 nitrogen and oxygen atoms in total. The molecule has 0 unspecified atom stereocenters. The van der Waals surface area contributed by atoms with Gasteiger partial charge in [0.05, 0.1) is 20.4 Å². The molecule has 1 amide bonds. The summed E-state index contributed by atoms with van der Waals surface area (Å²) in [7, 11) is 3.09. The first-order valence-corrected chi connectivity index (χ1v) is 6.19. The zero-order valence-corrected chi connectivity index (χ0v) is 12.1. The standard InChI is InChI=1S/C12H15N7O3/c1-21-9-4-3-8(5-10(9)22-2)6-14-15-11(20)7-19-17-12(13)16-18-19/h3-6H,7H2,1-2H3,(H2,13,17)(H,15,20)/b14-6+. The van der Waals surface area contributed by atoms with Crippen molar-refractivity contribution in [1.29, 1.82) is 0 Å². The number of rotatable bonds is 6. The number of ether oxygens (including phenoxy) is 2. The summed E-state index contributed by atoms with van der Waals surface area (Å²) in [5.41, 5.74) is 8.37. The Hall–Kier alpha value is -3.17. The quantitative estimate of drug-likeness (QED) is 0.539. The zero-order chi connectivity index (χ0) is 15.9. The van der Waals surface area contributed by atoms with Crippen molar-refractivity contribution in [3.8, 4) is 11.5 Å². The number of aromatic nitrogens is 4. The van der Waals surface area contributed by atoms with E-state index in [1.807, 2.05) is 0 Å². The molecule has 116 valence electrons. The van der Waals surface area contributed by atoms with E-state index in [1.165, 1.54) is 13.3 Å². The Balaban J connectivity index is 1.93. The van der Waals surface area contributed by atoms with E-state index in [-0.39, 0.29) is 12.5 Å². The first-order valence-electron chi connectivity index (χ1n) is 6.19. The molecule has 0 aliphatic heterocycles. The Labute approximate surface area is 125 Å². The maximum Gasteiger partial charge on any atom is 0.263 e. The monoisotopic (exact) mass is 305 g/mol. The van der Waals surface area contributed by atoms with Crippen molar-refractivity contribution < 1.29 is 14.3 Å². The summed E-state index contributed by atoms with van der Waals surface area (Å²) in [5.74, 6) is 0.773. The predicted octanol–water partition coefficient (Wildman–Crippen LogP) is -0.577. The second kappa shape index (κ2) is 7.02. The second-order valence-corrected chi connectivity index (χ2v) is 4.09. The molecule has 1 aromatic carbocycles. The summed E-state index contributed by atoms with van der Waals surface area (Å²) in [5, 5.41) is 14.5. The van der Waals surface area contributed by atoms with Crippen LogP contribution < -0.4 is 20.6 Å². The van der Waals surface area contributed by atoms with E-state index in [0.29, 0.717) is 11.5 Å². The molecule has 1 aromatic heterocycles. The molecule has 0 saturated heterocycles. The molecule has 0 fully saturated rings. The number of amides is 1. The number of tetrazole rings is 1. The van der Waals surface area contributed by atoms with Crippen LogP contribution in [-0.2, 0) is 11.3 Å². The van der Waals surface area contributed by atoms with Crippen molar-refractivity contribution in [2.45, 2.75) is 6.54 Å². The fourth-order valence-corrected chi connectivity index (χ4v) is 1.60. The Morgan fingerprint density at radius 3 is 2.82 bits per heavy atom. The van der Waals surface area contributed by atoms with Crippen molar-refractivity contribution >= 4 is 18.1 Å². The van der Waals surface area contributed by atoms with E-state index in [0.717, 1.165) is 10.4 Å². The highest BCUT2D eigenvalue weighted by atomic mass is 16.5. The molecule has 22 heavy (non-hydrogen) atoms. The normalized spacial score (nSPS) is 10.6. The first-order chi connectivity index (χ1) is 10.6. The Kier molecular flexibility index (Phi) is 4.85. The number of hydrogen-bond acceptors (Lipinski definition) is 8. The van der Waals surface area contributed by atoms with Crippen LogP contribution in [0.4, 0.5) is 5.95 Å². The van der Waals surface area contributed by atoms with Crippen LogP contribution in [0, 0.1) is 0 Å².